The molecule has 0 saturated carbocycles. The van der Waals surface area contributed by atoms with Crippen LogP contribution in [0.1, 0.15) is 20.3 Å². The molecule has 1 aromatic carbocycles. The van der Waals surface area contributed by atoms with Gasteiger partial charge < -0.3 is 5.73 Å². The summed E-state index contributed by atoms with van der Waals surface area (Å²) in [6.07, 6.45) is 0.674. The summed E-state index contributed by atoms with van der Waals surface area (Å²) in [6, 6.07) is 1.17. The van der Waals surface area contributed by atoms with Gasteiger partial charge in [-0.15, -0.1) is 0 Å². The maximum Gasteiger partial charge on any atom is 0.274 e. The number of hydrogen-bond donors (Lipinski definition) is 1. The van der Waals surface area contributed by atoms with Crippen LogP contribution in [0.5, 0.6) is 0 Å². The molecule has 1 aliphatic heterocycles. The molecule has 7 nitrogen and oxygen atoms in total. The number of rotatable bonds is 3. The lowest BCUT2D eigenvalue weighted by Crippen LogP contribution is -2.35. The molecule has 21 heavy (non-hydrogen) atoms. The van der Waals surface area contributed by atoms with Crippen LogP contribution < -0.4 is 5.73 Å². The Morgan fingerprint density at radius 3 is 2.48 bits per heavy atom. The lowest BCUT2D eigenvalue weighted by molar-refractivity contribution is -0.385. The predicted molar refractivity (Wildman–Crippen MR) is 74.6 cm³/mol. The first kappa shape index (κ1) is 15.6. The zero-order chi connectivity index (χ0) is 15.9. The zero-order valence-electron chi connectivity index (χ0n) is 11.6. The number of anilines is 1. The van der Waals surface area contributed by atoms with Gasteiger partial charge in [-0.25, -0.2) is 12.8 Å². The van der Waals surface area contributed by atoms with Crippen LogP contribution in [-0.2, 0) is 10.0 Å². The lowest BCUT2D eigenvalue weighted by Gasteiger charge is -2.22. The number of nitrogens with zero attached hydrogens (tertiary/aromatic N) is 2. The fourth-order valence-corrected chi connectivity index (χ4v) is 4.60. The standard InChI is InChI=1S/C12H16FN3O4S/c1-7-3-8(2)15(6-7)21(19,20)12-10(13)4-9(16(17)18)5-11(12)14/h4-5,7-8H,3,6,14H2,1-2H3. The Morgan fingerprint density at radius 2 is 2.05 bits per heavy atom. The van der Waals surface area contributed by atoms with Crippen LogP contribution in [0.3, 0.4) is 0 Å². The maximum absolute atomic E-state index is 14.1. The van der Waals surface area contributed by atoms with Crippen molar-refractivity contribution in [3.05, 3.63) is 28.1 Å². The highest BCUT2D eigenvalue weighted by molar-refractivity contribution is 7.89. The molecule has 0 radical (unpaired) electrons. The van der Waals surface area contributed by atoms with E-state index < -0.39 is 37.0 Å². The van der Waals surface area contributed by atoms with Crippen LogP contribution >= 0.6 is 0 Å². The second-order valence-electron chi connectivity index (χ2n) is 5.37. The first-order chi connectivity index (χ1) is 9.64. The molecule has 0 amide bonds. The van der Waals surface area contributed by atoms with Crippen LogP contribution in [-0.4, -0.2) is 30.2 Å². The van der Waals surface area contributed by atoms with E-state index in [1.54, 1.807) is 6.92 Å². The topological polar surface area (TPSA) is 107 Å². The molecule has 2 N–H and O–H groups in total. The molecule has 0 aromatic heterocycles. The van der Waals surface area contributed by atoms with Crippen LogP contribution in [0.2, 0.25) is 0 Å². The fraction of sp³-hybridized carbons (Fsp3) is 0.500. The largest absolute Gasteiger partial charge is 0.397 e. The Labute approximate surface area is 121 Å². The molecule has 1 fully saturated rings. The molecule has 2 rings (SSSR count). The van der Waals surface area contributed by atoms with E-state index in [2.05, 4.69) is 0 Å². The summed E-state index contributed by atoms with van der Waals surface area (Å²) in [7, 11) is -4.11. The summed E-state index contributed by atoms with van der Waals surface area (Å²) >= 11 is 0. The molecule has 0 aliphatic carbocycles. The number of nitrogens with two attached hydrogens (primary N) is 1. The third kappa shape index (κ3) is 2.70. The van der Waals surface area contributed by atoms with Crippen molar-refractivity contribution in [1.82, 2.24) is 4.31 Å². The van der Waals surface area contributed by atoms with Gasteiger partial charge in [-0.05, 0) is 19.3 Å². The number of nitro groups is 1. The Morgan fingerprint density at radius 1 is 1.43 bits per heavy atom. The number of benzene rings is 1. The van der Waals surface area contributed by atoms with Gasteiger partial charge in [-0.1, -0.05) is 6.92 Å². The molecule has 0 bridgehead atoms. The van der Waals surface area contributed by atoms with Crippen molar-refractivity contribution in [2.24, 2.45) is 5.92 Å². The fourth-order valence-electron chi connectivity index (χ4n) is 2.69. The molecule has 2 unspecified atom stereocenters. The Bertz CT molecular complexity index is 669. The number of non-ortho nitro benzene ring substituents is 1. The van der Waals surface area contributed by atoms with Crippen molar-refractivity contribution < 1.29 is 17.7 Å². The minimum absolute atomic E-state index is 0.164. The summed E-state index contributed by atoms with van der Waals surface area (Å²) in [5, 5.41) is 10.6. The summed E-state index contributed by atoms with van der Waals surface area (Å²) in [5.74, 6) is -1.04. The number of sulfonamides is 1. The van der Waals surface area contributed by atoms with Crippen LogP contribution in [0, 0.1) is 21.8 Å². The second kappa shape index (κ2) is 5.23. The first-order valence-corrected chi connectivity index (χ1v) is 7.84. The summed E-state index contributed by atoms with van der Waals surface area (Å²) < 4.78 is 40.3. The van der Waals surface area contributed by atoms with Gasteiger partial charge in [0.15, 0.2) is 5.82 Å². The van der Waals surface area contributed by atoms with E-state index in [-0.39, 0.29) is 18.5 Å². The molecule has 1 aromatic rings. The lowest BCUT2D eigenvalue weighted by atomic mass is 10.1. The van der Waals surface area contributed by atoms with E-state index in [4.69, 9.17) is 5.73 Å². The summed E-state index contributed by atoms with van der Waals surface area (Å²) in [6.45, 7) is 3.92. The van der Waals surface area contributed by atoms with E-state index >= 15 is 0 Å². The number of halogens is 1. The Kier molecular flexibility index (Phi) is 3.89. The third-order valence-corrected chi connectivity index (χ3v) is 5.63. The summed E-state index contributed by atoms with van der Waals surface area (Å²) in [5.41, 5.74) is 4.52. The van der Waals surface area contributed by atoms with Gasteiger partial charge in [-0.2, -0.15) is 4.31 Å². The highest BCUT2D eigenvalue weighted by Gasteiger charge is 2.39. The van der Waals surface area contributed by atoms with Gasteiger partial charge in [0, 0.05) is 18.7 Å². The van der Waals surface area contributed by atoms with Crippen LogP contribution in [0.25, 0.3) is 0 Å². The quantitative estimate of drug-likeness (QED) is 0.519. The predicted octanol–water partition coefficient (Wildman–Crippen LogP) is 1.74. The number of nitro benzene ring substituents is 1. The van der Waals surface area contributed by atoms with E-state index in [9.17, 15) is 22.9 Å². The number of hydrogen-bond acceptors (Lipinski definition) is 5. The smallest absolute Gasteiger partial charge is 0.274 e. The summed E-state index contributed by atoms with van der Waals surface area (Å²) in [4.78, 5) is 9.13. The zero-order valence-corrected chi connectivity index (χ0v) is 12.4. The number of nitrogen functional groups attached to an aromatic ring is 1. The van der Waals surface area contributed by atoms with Crippen molar-refractivity contribution >= 4 is 21.4 Å². The maximum atomic E-state index is 14.1. The van der Waals surface area contributed by atoms with Gasteiger partial charge in [0.1, 0.15) is 4.90 Å². The minimum atomic E-state index is -4.11. The highest BCUT2D eigenvalue weighted by atomic mass is 32.2. The average molecular weight is 317 g/mol. The third-order valence-electron chi connectivity index (χ3n) is 3.56. The normalized spacial score (nSPS) is 23.4. The van der Waals surface area contributed by atoms with Crippen molar-refractivity contribution in [2.45, 2.75) is 31.2 Å². The van der Waals surface area contributed by atoms with Gasteiger partial charge in [0.2, 0.25) is 10.0 Å². The van der Waals surface area contributed by atoms with Gasteiger partial charge in [-0.3, -0.25) is 10.1 Å². The molecule has 0 spiro atoms. The average Bonchev–Trinajstić information content (AvgIpc) is 2.67. The minimum Gasteiger partial charge on any atom is -0.397 e. The van der Waals surface area contributed by atoms with E-state index in [0.29, 0.717) is 12.5 Å². The van der Waals surface area contributed by atoms with Crippen LogP contribution in [0.4, 0.5) is 15.8 Å². The van der Waals surface area contributed by atoms with E-state index in [1.807, 2.05) is 6.92 Å². The van der Waals surface area contributed by atoms with Gasteiger partial charge >= 0.3 is 0 Å². The van der Waals surface area contributed by atoms with Crippen molar-refractivity contribution in [1.29, 1.82) is 0 Å². The van der Waals surface area contributed by atoms with Crippen LogP contribution in [0.15, 0.2) is 17.0 Å². The van der Waals surface area contributed by atoms with Crippen molar-refractivity contribution in [3.8, 4) is 0 Å². The Hall–Kier alpha value is -1.74. The monoisotopic (exact) mass is 317 g/mol. The van der Waals surface area contributed by atoms with Crippen molar-refractivity contribution in [3.63, 3.8) is 0 Å². The van der Waals surface area contributed by atoms with E-state index in [1.165, 1.54) is 4.31 Å². The SMILES string of the molecule is CC1CC(C)N(S(=O)(=O)c2c(N)cc([N+](=O)[O-])cc2F)C1. The molecule has 1 aliphatic rings. The van der Waals surface area contributed by atoms with E-state index in [0.717, 1.165) is 6.07 Å². The molecule has 116 valence electrons. The van der Waals surface area contributed by atoms with Crippen molar-refractivity contribution in [2.75, 3.05) is 12.3 Å². The molecular formula is C12H16FN3O4S. The van der Waals surface area contributed by atoms with Gasteiger partial charge in [0.25, 0.3) is 5.69 Å². The Balaban J connectivity index is 2.53. The highest BCUT2D eigenvalue weighted by Crippen LogP contribution is 2.34. The molecule has 1 heterocycles. The molecule has 1 saturated heterocycles. The molecular weight excluding hydrogens is 301 g/mol. The van der Waals surface area contributed by atoms with Gasteiger partial charge in [0.05, 0.1) is 16.7 Å². The second-order valence-corrected chi connectivity index (χ2v) is 7.20. The molecule has 2 atom stereocenters. The molecule has 9 heteroatoms. The first-order valence-electron chi connectivity index (χ1n) is 6.40.